The van der Waals surface area contributed by atoms with E-state index in [1.54, 1.807) is 6.08 Å². The van der Waals surface area contributed by atoms with Gasteiger partial charge in [-0.25, -0.2) is 4.39 Å². The first-order valence-corrected chi connectivity index (χ1v) is 15.9. The van der Waals surface area contributed by atoms with Crippen molar-refractivity contribution in [1.29, 1.82) is 0 Å². The number of anilines is 1. The Morgan fingerprint density at radius 2 is 1.73 bits per heavy atom. The van der Waals surface area contributed by atoms with Crippen LogP contribution in [0.25, 0.3) is 6.08 Å². The summed E-state index contributed by atoms with van der Waals surface area (Å²) >= 11 is 6.35. The number of nitrogens with zero attached hydrogens (tertiary/aromatic N) is 2. The van der Waals surface area contributed by atoms with Crippen LogP contribution in [0.2, 0.25) is 0 Å². The number of hydrogen-bond donors (Lipinski definition) is 2. The Hall–Kier alpha value is -2.80. The second kappa shape index (κ2) is 13.2. The summed E-state index contributed by atoms with van der Waals surface area (Å²) in [7, 11) is -4.14. The van der Waals surface area contributed by atoms with Crippen molar-refractivity contribution < 1.29 is 27.0 Å². The van der Waals surface area contributed by atoms with Crippen LogP contribution in [-0.2, 0) is 14.9 Å². The molecule has 8 nitrogen and oxygen atoms in total. The Morgan fingerprint density at radius 3 is 2.35 bits per heavy atom. The van der Waals surface area contributed by atoms with Gasteiger partial charge < -0.3 is 10.6 Å². The minimum absolute atomic E-state index is 0.142. The number of carbonyl (C=O) groups is 2. The summed E-state index contributed by atoms with van der Waals surface area (Å²) in [5, 5.41) is 0. The van der Waals surface area contributed by atoms with Crippen LogP contribution in [0, 0.1) is 17.7 Å². The Labute approximate surface area is 243 Å². The molecule has 3 aliphatic rings. The summed E-state index contributed by atoms with van der Waals surface area (Å²) in [4.78, 5) is 27.1. The molecule has 2 saturated heterocycles. The van der Waals surface area contributed by atoms with Crippen LogP contribution in [0.4, 0.5) is 10.1 Å². The fourth-order valence-electron chi connectivity index (χ4n) is 5.28. The van der Waals surface area contributed by atoms with Gasteiger partial charge in [0.25, 0.3) is 16.0 Å². The molecule has 12 heteroatoms. The van der Waals surface area contributed by atoms with Crippen molar-refractivity contribution in [2.45, 2.75) is 32.1 Å². The van der Waals surface area contributed by atoms with E-state index in [1.807, 2.05) is 12.1 Å². The average Bonchev–Trinajstić information content (AvgIpc) is 3.19. The van der Waals surface area contributed by atoms with E-state index in [1.165, 1.54) is 67.0 Å². The van der Waals surface area contributed by atoms with Crippen LogP contribution >= 0.6 is 24.0 Å². The first-order valence-electron chi connectivity index (χ1n) is 13.1. The minimum Gasteiger partial charge on any atom is -0.371 e. The third kappa shape index (κ3) is 8.12. The highest BCUT2D eigenvalue weighted by Crippen LogP contribution is 2.38. The molecule has 2 aromatic rings. The number of primary amides is 1. The van der Waals surface area contributed by atoms with Gasteiger partial charge >= 0.3 is 0 Å². The van der Waals surface area contributed by atoms with Crippen molar-refractivity contribution in [2.24, 2.45) is 17.6 Å². The maximum Gasteiger partial charge on any atom is 0.266 e. The maximum atomic E-state index is 12.5. The van der Waals surface area contributed by atoms with Crippen LogP contribution in [0.1, 0.15) is 48.0 Å². The van der Waals surface area contributed by atoms with Crippen LogP contribution in [0.15, 0.2) is 53.4 Å². The minimum atomic E-state index is -4.14. The number of benzene rings is 2. The summed E-state index contributed by atoms with van der Waals surface area (Å²) in [5.74, 6) is -0.0466. The summed E-state index contributed by atoms with van der Waals surface area (Å²) in [6.45, 7) is 2.10. The topological polar surface area (TPSA) is 121 Å². The molecule has 2 amide bonds. The molecule has 2 atom stereocenters. The summed E-state index contributed by atoms with van der Waals surface area (Å²) in [5.41, 5.74) is 7.35. The zero-order valence-corrected chi connectivity index (χ0v) is 24.3. The van der Waals surface area contributed by atoms with E-state index >= 15 is 0 Å². The maximum absolute atomic E-state index is 12.5. The van der Waals surface area contributed by atoms with Crippen LogP contribution in [0.5, 0.6) is 0 Å². The highest BCUT2D eigenvalue weighted by atomic mass is 32.2. The fourth-order valence-corrected chi connectivity index (χ4v) is 7.00. The molecule has 3 fully saturated rings. The van der Waals surface area contributed by atoms with Gasteiger partial charge in [-0.3, -0.25) is 19.0 Å². The number of thiocarbonyl (C=S) groups is 1. The number of carbonyl (C=O) groups excluding carboxylic acids is 2. The monoisotopic (exact) mass is 605 g/mol. The third-order valence-corrected chi connectivity index (χ3v) is 9.50. The van der Waals surface area contributed by atoms with Gasteiger partial charge in [-0.15, -0.1) is 0 Å². The van der Waals surface area contributed by atoms with Crippen LogP contribution < -0.4 is 10.6 Å². The van der Waals surface area contributed by atoms with Crippen molar-refractivity contribution in [3.8, 4) is 0 Å². The largest absolute Gasteiger partial charge is 0.371 e. The van der Waals surface area contributed by atoms with Gasteiger partial charge in [-0.2, -0.15) is 8.42 Å². The number of fused-ring (bicyclic) bond motifs is 1. The number of thioether (sulfide) groups is 1. The number of hydrogen-bond acceptors (Lipinski definition) is 7. The van der Waals surface area contributed by atoms with Gasteiger partial charge in [-0.1, -0.05) is 55.4 Å². The van der Waals surface area contributed by atoms with E-state index < -0.39 is 21.8 Å². The summed E-state index contributed by atoms with van der Waals surface area (Å²) in [6.07, 6.45) is 8.54. The van der Waals surface area contributed by atoms with Crippen LogP contribution in [0.3, 0.4) is 0 Å². The predicted molar refractivity (Wildman–Crippen MR) is 160 cm³/mol. The second-order valence-electron chi connectivity index (χ2n) is 10.1. The Kier molecular flexibility index (Phi) is 9.99. The molecule has 0 radical (unpaired) electrons. The molecule has 2 aromatic carbocycles. The van der Waals surface area contributed by atoms with Crippen LogP contribution in [-0.4, -0.2) is 59.4 Å². The average molecular weight is 606 g/mol. The highest BCUT2D eigenvalue weighted by Gasteiger charge is 2.33. The molecule has 3 N–H and O–H groups in total. The standard InChI is InChI=1S/C21H26N2O4S3.C7H6FNO/c24-20-19(29-21(28)23(20)11-12-30(25,26)27)13-15-5-7-18(8-6-15)22-10-9-16-3-1-2-4-17(16)14-22;8-6-3-1-5(2-4-6)7(9)10/h5-8,13,16-17H,1-4,9-12,14H2,(H,25,26,27);1-4H,(H2,9,10). The van der Waals surface area contributed by atoms with E-state index in [0.717, 1.165) is 42.3 Å². The summed E-state index contributed by atoms with van der Waals surface area (Å²) < 4.78 is 43.3. The third-order valence-electron chi connectivity index (χ3n) is 7.42. The molecule has 1 saturated carbocycles. The summed E-state index contributed by atoms with van der Waals surface area (Å²) in [6, 6.07) is 13.3. The first kappa shape index (κ1) is 30.2. The molecule has 1 aliphatic carbocycles. The molecule has 0 aromatic heterocycles. The van der Waals surface area contributed by atoms with E-state index in [9.17, 15) is 22.4 Å². The van der Waals surface area contributed by atoms with Crippen molar-refractivity contribution in [2.75, 3.05) is 30.3 Å². The molecule has 40 heavy (non-hydrogen) atoms. The Bertz CT molecular complexity index is 1380. The number of amides is 2. The van der Waals surface area contributed by atoms with Gasteiger partial charge in [-0.05, 0) is 72.7 Å². The van der Waals surface area contributed by atoms with Gasteiger partial charge in [0.2, 0.25) is 5.91 Å². The normalized spacial score (nSPS) is 22.1. The molecule has 2 heterocycles. The molecule has 2 unspecified atom stereocenters. The SMILES string of the molecule is NC(=O)c1ccc(F)cc1.O=C1C(=Cc2ccc(N3CCC4CCCCC4C3)cc2)SC(=S)N1CCS(=O)(=O)O. The zero-order valence-electron chi connectivity index (χ0n) is 21.9. The number of halogens is 1. The lowest BCUT2D eigenvalue weighted by Crippen LogP contribution is -2.41. The molecule has 214 valence electrons. The van der Waals surface area contributed by atoms with E-state index in [2.05, 4.69) is 17.0 Å². The number of rotatable bonds is 6. The van der Waals surface area contributed by atoms with Gasteiger partial charge in [0.05, 0.1) is 10.7 Å². The van der Waals surface area contributed by atoms with Gasteiger partial charge in [0.15, 0.2) is 0 Å². The van der Waals surface area contributed by atoms with E-state index in [4.69, 9.17) is 22.5 Å². The Morgan fingerprint density at radius 1 is 1.07 bits per heavy atom. The molecule has 5 rings (SSSR count). The predicted octanol–water partition coefficient (Wildman–Crippen LogP) is 4.72. The van der Waals surface area contributed by atoms with Gasteiger partial charge in [0, 0.05) is 30.9 Å². The molecular formula is C28H32FN3O5S3. The van der Waals surface area contributed by atoms with Crippen molar-refractivity contribution in [1.82, 2.24) is 4.90 Å². The molecular weight excluding hydrogens is 574 g/mol. The Balaban J connectivity index is 0.000000312. The lowest BCUT2D eigenvalue weighted by molar-refractivity contribution is -0.121. The van der Waals surface area contributed by atoms with Crippen molar-refractivity contribution >= 4 is 62.0 Å². The van der Waals surface area contributed by atoms with E-state index in [0.29, 0.717) is 14.8 Å². The lowest BCUT2D eigenvalue weighted by Gasteiger charge is -2.42. The number of piperidine rings is 1. The smallest absolute Gasteiger partial charge is 0.266 e. The number of nitrogens with two attached hydrogens (primary N) is 1. The molecule has 0 bridgehead atoms. The van der Waals surface area contributed by atoms with Crippen molar-refractivity contribution in [3.05, 3.63) is 70.4 Å². The quantitative estimate of drug-likeness (QED) is 0.276. The molecule has 0 spiro atoms. The second-order valence-corrected chi connectivity index (χ2v) is 13.4. The lowest BCUT2D eigenvalue weighted by atomic mass is 9.75. The zero-order chi connectivity index (χ0) is 28.9. The molecule has 2 aliphatic heterocycles. The fraction of sp³-hybridized carbons (Fsp3) is 0.393. The first-order chi connectivity index (χ1) is 19.0. The van der Waals surface area contributed by atoms with E-state index in [-0.39, 0.29) is 18.3 Å². The highest BCUT2D eigenvalue weighted by molar-refractivity contribution is 8.26. The van der Waals surface area contributed by atoms with Gasteiger partial charge in [0.1, 0.15) is 10.1 Å². The van der Waals surface area contributed by atoms with Crippen molar-refractivity contribution in [3.63, 3.8) is 0 Å².